The zero-order valence-electron chi connectivity index (χ0n) is 10.6. The lowest BCUT2D eigenvalue weighted by atomic mass is 9.91. The fourth-order valence-corrected chi connectivity index (χ4v) is 4.94. The Labute approximate surface area is 116 Å². The zero-order valence-corrected chi connectivity index (χ0v) is 11.4. The molecule has 2 unspecified atom stereocenters. The maximum Gasteiger partial charge on any atom is 0.196 e. The van der Waals surface area contributed by atoms with Crippen molar-refractivity contribution in [3.63, 3.8) is 0 Å². The van der Waals surface area contributed by atoms with Crippen LogP contribution in [0.5, 0.6) is 0 Å². The molecule has 2 aromatic rings. The van der Waals surface area contributed by atoms with Crippen LogP contribution in [-0.2, 0) is 0 Å². The standard InChI is InChI=1S/C16H15NOS/c17-16-13(14(18)9-4-2-1-3-5-9)12-10-6-7-11(8-10)15(12)19-16/h1-5,10-11H,6-8,17H2. The third-order valence-corrected chi connectivity index (χ3v) is 5.67. The van der Waals surface area contributed by atoms with E-state index in [-0.39, 0.29) is 5.78 Å². The Kier molecular flexibility index (Phi) is 2.33. The van der Waals surface area contributed by atoms with E-state index in [1.165, 1.54) is 29.7 Å². The number of thiophene rings is 1. The molecule has 1 fully saturated rings. The van der Waals surface area contributed by atoms with Crippen molar-refractivity contribution >= 4 is 22.1 Å². The third-order valence-electron chi connectivity index (χ3n) is 4.48. The highest BCUT2D eigenvalue weighted by atomic mass is 32.1. The van der Waals surface area contributed by atoms with Crippen LogP contribution in [0.15, 0.2) is 30.3 Å². The summed E-state index contributed by atoms with van der Waals surface area (Å²) in [4.78, 5) is 14.1. The van der Waals surface area contributed by atoms with E-state index in [9.17, 15) is 4.79 Å². The average Bonchev–Trinajstić information content (AvgIpc) is 3.10. The molecule has 19 heavy (non-hydrogen) atoms. The van der Waals surface area contributed by atoms with Gasteiger partial charge >= 0.3 is 0 Å². The van der Waals surface area contributed by atoms with E-state index in [1.54, 1.807) is 11.3 Å². The molecule has 1 saturated carbocycles. The number of fused-ring (bicyclic) bond motifs is 5. The molecule has 2 aliphatic carbocycles. The molecule has 96 valence electrons. The van der Waals surface area contributed by atoms with Gasteiger partial charge in [0, 0.05) is 10.4 Å². The zero-order chi connectivity index (χ0) is 13.0. The molecule has 0 aliphatic heterocycles. The maximum absolute atomic E-state index is 12.7. The van der Waals surface area contributed by atoms with Gasteiger partial charge in [0.1, 0.15) is 0 Å². The number of ketones is 1. The average molecular weight is 269 g/mol. The molecule has 3 heteroatoms. The predicted octanol–water partition coefficient (Wildman–Crippen LogP) is 3.93. The SMILES string of the molecule is Nc1sc2c(c1C(=O)c1ccccc1)C1CCC2C1. The molecule has 2 atom stereocenters. The van der Waals surface area contributed by atoms with Crippen LogP contribution in [0.1, 0.15) is 57.5 Å². The van der Waals surface area contributed by atoms with Gasteiger partial charge < -0.3 is 5.73 Å². The second kappa shape index (κ2) is 3.94. The van der Waals surface area contributed by atoms with Gasteiger partial charge in [-0.15, -0.1) is 11.3 Å². The summed E-state index contributed by atoms with van der Waals surface area (Å²) in [5.74, 6) is 1.35. The first-order valence-electron chi connectivity index (χ1n) is 6.77. The van der Waals surface area contributed by atoms with Gasteiger partial charge in [-0.1, -0.05) is 30.3 Å². The minimum absolute atomic E-state index is 0.100. The fraction of sp³-hybridized carbons (Fsp3) is 0.312. The van der Waals surface area contributed by atoms with E-state index in [0.29, 0.717) is 11.8 Å². The van der Waals surface area contributed by atoms with Gasteiger partial charge in [-0.05, 0) is 36.7 Å². The van der Waals surface area contributed by atoms with Crippen LogP contribution >= 0.6 is 11.3 Å². The van der Waals surface area contributed by atoms with Gasteiger partial charge in [-0.3, -0.25) is 4.79 Å². The third kappa shape index (κ3) is 1.51. The topological polar surface area (TPSA) is 43.1 Å². The molecule has 0 radical (unpaired) electrons. The van der Waals surface area contributed by atoms with Crippen molar-refractivity contribution in [1.29, 1.82) is 0 Å². The smallest absolute Gasteiger partial charge is 0.196 e. The quantitative estimate of drug-likeness (QED) is 0.839. The lowest BCUT2D eigenvalue weighted by molar-refractivity contribution is 0.103. The number of hydrogen-bond donors (Lipinski definition) is 1. The largest absolute Gasteiger partial charge is 0.390 e. The van der Waals surface area contributed by atoms with Crippen LogP contribution in [-0.4, -0.2) is 5.78 Å². The van der Waals surface area contributed by atoms with E-state index < -0.39 is 0 Å². The summed E-state index contributed by atoms with van der Waals surface area (Å²) in [6.45, 7) is 0. The summed E-state index contributed by atoms with van der Waals surface area (Å²) < 4.78 is 0. The molecule has 2 aliphatic rings. The number of nitrogens with two attached hydrogens (primary N) is 1. The summed E-state index contributed by atoms with van der Waals surface area (Å²) in [7, 11) is 0. The van der Waals surface area contributed by atoms with Crippen molar-refractivity contribution in [2.24, 2.45) is 0 Å². The Hall–Kier alpha value is -1.61. The van der Waals surface area contributed by atoms with Gasteiger partial charge in [0.2, 0.25) is 0 Å². The molecule has 0 amide bonds. The molecular weight excluding hydrogens is 254 g/mol. The molecule has 2 bridgehead atoms. The molecule has 2 N–H and O–H groups in total. The minimum atomic E-state index is 0.100. The van der Waals surface area contributed by atoms with Gasteiger partial charge in [0.25, 0.3) is 0 Å². The monoisotopic (exact) mass is 269 g/mol. The Balaban J connectivity index is 1.85. The van der Waals surface area contributed by atoms with Crippen molar-refractivity contribution in [3.8, 4) is 0 Å². The molecule has 0 spiro atoms. The first-order valence-corrected chi connectivity index (χ1v) is 7.59. The minimum Gasteiger partial charge on any atom is -0.390 e. The molecular formula is C16H15NOS. The van der Waals surface area contributed by atoms with E-state index in [0.717, 1.165) is 16.1 Å². The van der Waals surface area contributed by atoms with Crippen LogP contribution < -0.4 is 5.73 Å². The summed E-state index contributed by atoms with van der Waals surface area (Å²) in [6.07, 6.45) is 3.73. The maximum atomic E-state index is 12.7. The van der Waals surface area contributed by atoms with E-state index >= 15 is 0 Å². The second-order valence-corrected chi connectivity index (χ2v) is 6.61. The lowest BCUT2D eigenvalue weighted by Gasteiger charge is -2.12. The highest BCUT2D eigenvalue weighted by Gasteiger charge is 2.42. The molecule has 4 rings (SSSR count). The van der Waals surface area contributed by atoms with Crippen LogP contribution in [0.2, 0.25) is 0 Å². The summed E-state index contributed by atoms with van der Waals surface area (Å²) in [6, 6.07) is 9.49. The Morgan fingerprint density at radius 3 is 2.68 bits per heavy atom. The van der Waals surface area contributed by atoms with E-state index in [2.05, 4.69) is 0 Å². The number of carbonyl (C=O) groups excluding carboxylic acids is 1. The molecule has 1 heterocycles. The Morgan fingerprint density at radius 2 is 1.89 bits per heavy atom. The van der Waals surface area contributed by atoms with Crippen LogP contribution in [0.3, 0.4) is 0 Å². The summed E-state index contributed by atoms with van der Waals surface area (Å²) in [5, 5.41) is 0.718. The molecule has 0 saturated heterocycles. The van der Waals surface area contributed by atoms with E-state index in [1.807, 2.05) is 30.3 Å². The van der Waals surface area contributed by atoms with Crippen molar-refractivity contribution in [3.05, 3.63) is 51.9 Å². The number of benzene rings is 1. The fourth-order valence-electron chi connectivity index (χ4n) is 3.64. The van der Waals surface area contributed by atoms with E-state index in [4.69, 9.17) is 5.73 Å². The van der Waals surface area contributed by atoms with Crippen LogP contribution in [0.4, 0.5) is 5.00 Å². The van der Waals surface area contributed by atoms with Crippen molar-refractivity contribution in [2.45, 2.75) is 31.1 Å². The van der Waals surface area contributed by atoms with Gasteiger partial charge in [-0.25, -0.2) is 0 Å². The van der Waals surface area contributed by atoms with Crippen molar-refractivity contribution in [1.82, 2.24) is 0 Å². The van der Waals surface area contributed by atoms with Gasteiger partial charge in [0.05, 0.1) is 10.6 Å². The number of hydrogen-bond acceptors (Lipinski definition) is 3. The number of nitrogen functional groups attached to an aromatic ring is 1. The highest BCUT2D eigenvalue weighted by Crippen LogP contribution is 2.58. The van der Waals surface area contributed by atoms with Gasteiger partial charge in [0.15, 0.2) is 5.78 Å². The summed E-state index contributed by atoms with van der Waals surface area (Å²) >= 11 is 1.65. The Morgan fingerprint density at radius 1 is 1.16 bits per heavy atom. The highest BCUT2D eigenvalue weighted by molar-refractivity contribution is 7.16. The first kappa shape index (κ1) is 11.2. The molecule has 1 aromatic carbocycles. The summed E-state index contributed by atoms with van der Waals surface area (Å²) in [5.41, 5.74) is 8.98. The normalized spacial score (nSPS) is 23.6. The second-order valence-electron chi connectivity index (χ2n) is 5.52. The lowest BCUT2D eigenvalue weighted by Crippen LogP contribution is -2.07. The number of carbonyl (C=O) groups is 1. The predicted molar refractivity (Wildman–Crippen MR) is 77.9 cm³/mol. The number of anilines is 1. The Bertz CT molecular complexity index is 659. The van der Waals surface area contributed by atoms with Crippen molar-refractivity contribution < 1.29 is 4.79 Å². The number of rotatable bonds is 2. The molecule has 2 nitrogen and oxygen atoms in total. The van der Waals surface area contributed by atoms with Crippen LogP contribution in [0.25, 0.3) is 0 Å². The first-order chi connectivity index (χ1) is 9.25. The van der Waals surface area contributed by atoms with Crippen molar-refractivity contribution in [2.75, 3.05) is 5.73 Å². The molecule has 1 aromatic heterocycles. The van der Waals surface area contributed by atoms with Gasteiger partial charge in [-0.2, -0.15) is 0 Å². The van der Waals surface area contributed by atoms with Crippen LogP contribution in [0, 0.1) is 0 Å².